The van der Waals surface area contributed by atoms with E-state index in [4.69, 9.17) is 9.47 Å². The van der Waals surface area contributed by atoms with Crippen molar-refractivity contribution in [1.29, 1.82) is 0 Å². The molecule has 22 heavy (non-hydrogen) atoms. The summed E-state index contributed by atoms with van der Waals surface area (Å²) in [6, 6.07) is 5.07. The Kier molecular flexibility index (Phi) is 6.30. The highest BCUT2D eigenvalue weighted by molar-refractivity contribution is 5.95. The Morgan fingerprint density at radius 3 is 2.23 bits per heavy atom. The van der Waals surface area contributed by atoms with Crippen molar-refractivity contribution < 1.29 is 33.0 Å². The molecule has 0 aliphatic rings. The van der Waals surface area contributed by atoms with Gasteiger partial charge in [-0.15, -0.1) is 0 Å². The molecule has 0 fully saturated rings. The van der Waals surface area contributed by atoms with E-state index < -0.39 is 36.0 Å². The Balaban J connectivity index is 2.51. The Hall–Kier alpha value is -2.64. The van der Waals surface area contributed by atoms with Crippen molar-refractivity contribution >= 4 is 18.0 Å². The number of halogens is 1. The number of imide groups is 1. The maximum absolute atomic E-state index is 12.7. The number of nitrogens with one attached hydrogen (secondary N) is 1. The van der Waals surface area contributed by atoms with E-state index in [2.05, 4.69) is 4.74 Å². The molecule has 120 valence electrons. The third-order valence-electron chi connectivity index (χ3n) is 2.53. The molecule has 2 atom stereocenters. The Labute approximate surface area is 126 Å². The fourth-order valence-electron chi connectivity index (χ4n) is 1.34. The van der Waals surface area contributed by atoms with Crippen LogP contribution < -0.4 is 10.1 Å². The largest absolute Gasteiger partial charge is 0.479 e. The van der Waals surface area contributed by atoms with Crippen molar-refractivity contribution in [3.63, 3.8) is 0 Å². The number of rotatable bonds is 5. The molecule has 1 rings (SSSR count). The molecule has 7 nitrogen and oxygen atoms in total. The van der Waals surface area contributed by atoms with E-state index in [9.17, 15) is 18.8 Å². The fraction of sp³-hybridized carbons (Fsp3) is 0.357. The van der Waals surface area contributed by atoms with Crippen LogP contribution in [-0.2, 0) is 19.1 Å². The van der Waals surface area contributed by atoms with Crippen molar-refractivity contribution in [2.75, 3.05) is 7.11 Å². The lowest BCUT2D eigenvalue weighted by atomic mass is 10.3. The van der Waals surface area contributed by atoms with E-state index in [1.807, 2.05) is 5.32 Å². The molecular formula is C14H16FNO6. The van der Waals surface area contributed by atoms with E-state index in [1.165, 1.54) is 38.1 Å². The lowest BCUT2D eigenvalue weighted by molar-refractivity contribution is -0.160. The maximum Gasteiger partial charge on any atom is 0.413 e. The van der Waals surface area contributed by atoms with E-state index >= 15 is 0 Å². The highest BCUT2D eigenvalue weighted by Crippen LogP contribution is 2.13. The lowest BCUT2D eigenvalue weighted by Crippen LogP contribution is -2.41. The van der Waals surface area contributed by atoms with Crippen molar-refractivity contribution in [2.45, 2.75) is 26.1 Å². The van der Waals surface area contributed by atoms with Crippen LogP contribution in [0.1, 0.15) is 13.8 Å². The van der Waals surface area contributed by atoms with Crippen LogP contribution in [-0.4, -0.2) is 37.3 Å². The summed E-state index contributed by atoms with van der Waals surface area (Å²) in [4.78, 5) is 34.1. The molecule has 0 saturated heterocycles. The number of carbonyl (C=O) groups excluding carboxylic acids is 3. The highest BCUT2D eigenvalue weighted by atomic mass is 19.1. The average Bonchev–Trinajstić information content (AvgIpc) is 2.49. The quantitative estimate of drug-likeness (QED) is 0.826. The van der Waals surface area contributed by atoms with Crippen LogP contribution in [0.2, 0.25) is 0 Å². The van der Waals surface area contributed by atoms with E-state index in [-0.39, 0.29) is 5.75 Å². The summed E-state index contributed by atoms with van der Waals surface area (Å²) in [5.74, 6) is -1.79. The topological polar surface area (TPSA) is 90.9 Å². The highest BCUT2D eigenvalue weighted by Gasteiger charge is 2.24. The van der Waals surface area contributed by atoms with Crippen LogP contribution in [0.15, 0.2) is 24.3 Å². The molecule has 8 heteroatoms. The van der Waals surface area contributed by atoms with Crippen LogP contribution >= 0.6 is 0 Å². The van der Waals surface area contributed by atoms with Gasteiger partial charge in [0.05, 0.1) is 7.11 Å². The molecule has 0 heterocycles. The van der Waals surface area contributed by atoms with Gasteiger partial charge >= 0.3 is 12.1 Å². The van der Waals surface area contributed by atoms with Crippen molar-refractivity contribution in [1.82, 2.24) is 5.32 Å². The smallest absolute Gasteiger partial charge is 0.413 e. The van der Waals surface area contributed by atoms with E-state index in [1.54, 1.807) is 0 Å². The molecular weight excluding hydrogens is 297 g/mol. The standard InChI is InChI=1S/C14H16FNO6/c1-8(12(17)16-14(19)20-3)22-13(18)9(2)21-11-6-4-10(15)5-7-11/h4-9H,1-3H3,(H,16,17,19)/t8-,9-/m1/s1. The number of hydrogen-bond donors (Lipinski definition) is 1. The molecule has 0 aliphatic heterocycles. The van der Waals surface area contributed by atoms with Crippen LogP contribution in [0, 0.1) is 5.82 Å². The van der Waals surface area contributed by atoms with Crippen molar-refractivity contribution in [3.8, 4) is 5.75 Å². The Bertz CT molecular complexity index is 545. The van der Waals surface area contributed by atoms with Crippen molar-refractivity contribution in [2.24, 2.45) is 0 Å². The van der Waals surface area contributed by atoms with Crippen LogP contribution in [0.25, 0.3) is 0 Å². The van der Waals surface area contributed by atoms with Gasteiger partial charge in [0.25, 0.3) is 5.91 Å². The zero-order valence-electron chi connectivity index (χ0n) is 12.3. The first-order valence-electron chi connectivity index (χ1n) is 6.35. The molecule has 0 bridgehead atoms. The molecule has 1 aromatic carbocycles. The summed E-state index contributed by atoms with van der Waals surface area (Å²) < 4.78 is 27.1. The summed E-state index contributed by atoms with van der Waals surface area (Å²) in [6.45, 7) is 2.71. The summed E-state index contributed by atoms with van der Waals surface area (Å²) in [7, 11) is 1.10. The van der Waals surface area contributed by atoms with Gasteiger partial charge in [-0.25, -0.2) is 14.0 Å². The Morgan fingerprint density at radius 1 is 1.09 bits per heavy atom. The van der Waals surface area contributed by atoms with Crippen LogP contribution in [0.3, 0.4) is 0 Å². The van der Waals surface area contributed by atoms with Gasteiger partial charge in [0.1, 0.15) is 11.6 Å². The second kappa shape index (κ2) is 7.96. The zero-order chi connectivity index (χ0) is 16.7. The first-order chi connectivity index (χ1) is 10.3. The minimum Gasteiger partial charge on any atom is -0.479 e. The van der Waals surface area contributed by atoms with Gasteiger partial charge in [0.15, 0.2) is 12.2 Å². The zero-order valence-corrected chi connectivity index (χ0v) is 12.3. The third kappa shape index (κ3) is 5.39. The summed E-state index contributed by atoms with van der Waals surface area (Å²) in [6.07, 6.45) is -3.17. The number of hydrogen-bond acceptors (Lipinski definition) is 6. The maximum atomic E-state index is 12.7. The molecule has 2 amide bonds. The first-order valence-corrected chi connectivity index (χ1v) is 6.35. The van der Waals surface area contributed by atoms with Gasteiger partial charge in [-0.2, -0.15) is 0 Å². The normalized spacial score (nSPS) is 12.7. The third-order valence-corrected chi connectivity index (χ3v) is 2.53. The Morgan fingerprint density at radius 2 is 1.68 bits per heavy atom. The lowest BCUT2D eigenvalue weighted by Gasteiger charge is -2.17. The van der Waals surface area contributed by atoms with Gasteiger partial charge in [-0.3, -0.25) is 10.1 Å². The molecule has 1 aromatic rings. The minimum absolute atomic E-state index is 0.275. The monoisotopic (exact) mass is 313 g/mol. The van der Waals surface area contributed by atoms with Crippen LogP contribution in [0.5, 0.6) is 5.75 Å². The average molecular weight is 313 g/mol. The minimum atomic E-state index is -1.20. The molecule has 0 aromatic heterocycles. The van der Waals surface area contributed by atoms with Gasteiger partial charge in [-0.1, -0.05) is 0 Å². The number of amides is 2. The predicted octanol–water partition coefficient (Wildman–Crippen LogP) is 1.41. The number of methoxy groups -OCH3 is 1. The van der Waals surface area contributed by atoms with Gasteiger partial charge in [-0.05, 0) is 38.1 Å². The molecule has 1 N–H and O–H groups in total. The second-order valence-electron chi connectivity index (χ2n) is 4.27. The number of benzene rings is 1. The SMILES string of the molecule is COC(=O)NC(=O)[C@@H](C)OC(=O)[C@@H](C)Oc1ccc(F)cc1. The van der Waals surface area contributed by atoms with E-state index in [0.29, 0.717) is 0 Å². The summed E-state index contributed by atoms with van der Waals surface area (Å²) in [5.41, 5.74) is 0. The van der Waals surface area contributed by atoms with Gasteiger partial charge < -0.3 is 14.2 Å². The van der Waals surface area contributed by atoms with Gasteiger partial charge in [0.2, 0.25) is 0 Å². The number of esters is 1. The summed E-state index contributed by atoms with van der Waals surface area (Å²) >= 11 is 0. The molecule has 0 aliphatic carbocycles. The second-order valence-corrected chi connectivity index (χ2v) is 4.27. The summed E-state index contributed by atoms with van der Waals surface area (Å²) in [5, 5.41) is 1.87. The number of ether oxygens (including phenoxy) is 3. The predicted molar refractivity (Wildman–Crippen MR) is 72.6 cm³/mol. The molecule has 0 saturated carbocycles. The fourth-order valence-corrected chi connectivity index (χ4v) is 1.34. The molecule has 0 radical (unpaired) electrons. The van der Waals surface area contributed by atoms with E-state index in [0.717, 1.165) is 7.11 Å². The molecule has 0 spiro atoms. The number of alkyl carbamates (subject to hydrolysis) is 1. The molecule has 0 unspecified atom stereocenters. The van der Waals surface area contributed by atoms with Crippen molar-refractivity contribution in [3.05, 3.63) is 30.1 Å². The van der Waals surface area contributed by atoms with Crippen LogP contribution in [0.4, 0.5) is 9.18 Å². The number of carbonyl (C=O) groups is 3. The van der Waals surface area contributed by atoms with Gasteiger partial charge in [0, 0.05) is 0 Å². The first kappa shape index (κ1) is 17.4.